The molecule has 0 atom stereocenters. The number of ether oxygens (including phenoxy) is 4. The van der Waals surface area contributed by atoms with E-state index in [-0.39, 0.29) is 45.4 Å². The van der Waals surface area contributed by atoms with E-state index in [1.807, 2.05) is 0 Å². The lowest BCUT2D eigenvalue weighted by atomic mass is 10.2. The lowest BCUT2D eigenvalue weighted by Crippen LogP contribution is -2.36. The van der Waals surface area contributed by atoms with Gasteiger partial charge in [-0.3, -0.25) is 9.52 Å². The topological polar surface area (TPSA) is 103 Å². The highest BCUT2D eigenvalue weighted by atomic mass is 35.5. The van der Waals surface area contributed by atoms with Gasteiger partial charge in [0.1, 0.15) is 17.3 Å². The zero-order valence-electron chi connectivity index (χ0n) is 16.8. The SMILES string of the molecule is COc1cc(NS(=O)(=O)c2cc3c(cc2Cl)N(C(C)=O)CCO3)cc(OC)c1OC. The highest BCUT2D eigenvalue weighted by Gasteiger charge is 2.27. The number of nitrogens with one attached hydrogen (secondary N) is 1. The van der Waals surface area contributed by atoms with Crippen LogP contribution in [0.15, 0.2) is 29.2 Å². The molecule has 0 aromatic heterocycles. The highest BCUT2D eigenvalue weighted by molar-refractivity contribution is 7.92. The fraction of sp³-hybridized carbons (Fsp3) is 0.316. The lowest BCUT2D eigenvalue weighted by molar-refractivity contribution is -0.116. The van der Waals surface area contributed by atoms with E-state index in [2.05, 4.69) is 4.72 Å². The van der Waals surface area contributed by atoms with Crippen molar-refractivity contribution in [3.8, 4) is 23.0 Å². The van der Waals surface area contributed by atoms with Gasteiger partial charge in [-0.05, 0) is 6.07 Å². The van der Waals surface area contributed by atoms with Crippen LogP contribution in [0.3, 0.4) is 0 Å². The van der Waals surface area contributed by atoms with Crippen LogP contribution in [0.2, 0.25) is 5.02 Å². The van der Waals surface area contributed by atoms with E-state index >= 15 is 0 Å². The van der Waals surface area contributed by atoms with Gasteiger partial charge in [0.25, 0.3) is 10.0 Å². The number of carbonyl (C=O) groups excluding carboxylic acids is 1. The lowest BCUT2D eigenvalue weighted by Gasteiger charge is -2.29. The first-order valence-corrected chi connectivity index (χ1v) is 10.6. The molecule has 3 rings (SSSR count). The van der Waals surface area contributed by atoms with Gasteiger partial charge < -0.3 is 23.8 Å². The Labute approximate surface area is 179 Å². The zero-order valence-corrected chi connectivity index (χ0v) is 18.4. The predicted octanol–water partition coefficient (Wildman–Crippen LogP) is 2.91. The van der Waals surface area contributed by atoms with Crippen LogP contribution in [0.5, 0.6) is 23.0 Å². The van der Waals surface area contributed by atoms with E-state index in [0.717, 1.165) is 0 Å². The van der Waals surface area contributed by atoms with Gasteiger partial charge in [-0.25, -0.2) is 8.42 Å². The molecule has 1 aliphatic heterocycles. The number of carbonyl (C=O) groups is 1. The van der Waals surface area contributed by atoms with Gasteiger partial charge in [0.05, 0.1) is 44.3 Å². The number of rotatable bonds is 6. The Balaban J connectivity index is 2.02. The number of fused-ring (bicyclic) bond motifs is 1. The first-order chi connectivity index (χ1) is 14.2. The third kappa shape index (κ3) is 4.05. The van der Waals surface area contributed by atoms with Gasteiger partial charge in [-0.15, -0.1) is 0 Å². The maximum absolute atomic E-state index is 13.0. The number of hydrogen-bond donors (Lipinski definition) is 1. The molecule has 0 saturated carbocycles. The number of nitrogens with zero attached hydrogens (tertiary/aromatic N) is 1. The third-order valence-electron chi connectivity index (χ3n) is 4.46. The Morgan fingerprint density at radius 3 is 2.27 bits per heavy atom. The Morgan fingerprint density at radius 1 is 1.10 bits per heavy atom. The van der Waals surface area contributed by atoms with E-state index in [4.69, 9.17) is 30.5 Å². The summed E-state index contributed by atoms with van der Waals surface area (Å²) in [4.78, 5) is 13.1. The van der Waals surface area contributed by atoms with Gasteiger partial charge in [0.2, 0.25) is 11.7 Å². The van der Waals surface area contributed by atoms with Gasteiger partial charge in [-0.1, -0.05) is 11.6 Å². The Morgan fingerprint density at radius 2 is 1.73 bits per heavy atom. The second-order valence-electron chi connectivity index (χ2n) is 6.29. The van der Waals surface area contributed by atoms with Gasteiger partial charge >= 0.3 is 0 Å². The normalized spacial score (nSPS) is 13.2. The average molecular weight is 457 g/mol. The number of hydrogen-bond acceptors (Lipinski definition) is 7. The average Bonchev–Trinajstić information content (AvgIpc) is 2.71. The summed E-state index contributed by atoms with van der Waals surface area (Å²) in [5.41, 5.74) is 0.607. The molecule has 2 aromatic carbocycles. The maximum Gasteiger partial charge on any atom is 0.263 e. The molecule has 30 heavy (non-hydrogen) atoms. The van der Waals surface area contributed by atoms with Crippen molar-refractivity contribution >= 4 is 38.9 Å². The number of methoxy groups -OCH3 is 3. The number of amides is 1. The maximum atomic E-state index is 13.0. The fourth-order valence-electron chi connectivity index (χ4n) is 3.10. The highest BCUT2D eigenvalue weighted by Crippen LogP contribution is 2.42. The van der Waals surface area contributed by atoms with Crippen LogP contribution < -0.4 is 28.6 Å². The summed E-state index contributed by atoms with van der Waals surface area (Å²) in [5, 5.41) is -0.0505. The first kappa shape index (κ1) is 21.8. The molecule has 0 spiro atoms. The molecule has 2 aromatic rings. The molecule has 0 bridgehead atoms. The first-order valence-electron chi connectivity index (χ1n) is 8.79. The van der Waals surface area contributed by atoms with Crippen molar-refractivity contribution in [3.63, 3.8) is 0 Å². The number of benzene rings is 2. The molecule has 9 nitrogen and oxygen atoms in total. The second kappa shape index (κ2) is 8.49. The Hall–Kier alpha value is -2.85. The number of halogens is 1. The van der Waals surface area contributed by atoms with Crippen molar-refractivity contribution < 1.29 is 32.2 Å². The standard InChI is InChI=1S/C19H21ClN2O7S/c1-11(23)22-5-6-29-15-10-18(13(20)9-14(15)22)30(24,25)21-12-7-16(26-2)19(28-4)17(8-12)27-3/h7-10,21H,5-6H2,1-4H3. The molecule has 1 aliphatic rings. The molecule has 1 amide bonds. The Kier molecular flexibility index (Phi) is 6.18. The van der Waals surface area contributed by atoms with E-state index in [1.165, 1.54) is 57.4 Å². The third-order valence-corrected chi connectivity index (χ3v) is 6.31. The van der Waals surface area contributed by atoms with E-state index in [9.17, 15) is 13.2 Å². The van der Waals surface area contributed by atoms with Crippen LogP contribution in [-0.4, -0.2) is 48.8 Å². The molecule has 0 aliphatic carbocycles. The fourth-order valence-corrected chi connectivity index (χ4v) is 4.68. The van der Waals surface area contributed by atoms with Crippen LogP contribution >= 0.6 is 11.6 Å². The molecular formula is C19H21ClN2O7S. The van der Waals surface area contributed by atoms with Gasteiger partial charge in [0.15, 0.2) is 11.5 Å². The van der Waals surface area contributed by atoms with E-state index in [0.29, 0.717) is 18.0 Å². The molecule has 0 saturated heterocycles. The van der Waals surface area contributed by atoms with Crippen molar-refractivity contribution in [2.24, 2.45) is 0 Å². The van der Waals surface area contributed by atoms with Crippen LogP contribution in [0, 0.1) is 0 Å². The molecule has 11 heteroatoms. The second-order valence-corrected chi connectivity index (χ2v) is 8.35. The summed E-state index contributed by atoms with van der Waals surface area (Å²) in [6.07, 6.45) is 0. The summed E-state index contributed by atoms with van der Waals surface area (Å²) >= 11 is 6.26. The minimum absolute atomic E-state index is 0.0505. The summed E-state index contributed by atoms with van der Waals surface area (Å²) in [6, 6.07) is 5.62. The quantitative estimate of drug-likeness (QED) is 0.712. The summed E-state index contributed by atoms with van der Waals surface area (Å²) in [6.45, 7) is 2.02. The predicted molar refractivity (Wildman–Crippen MR) is 112 cm³/mol. The molecule has 0 unspecified atom stereocenters. The smallest absolute Gasteiger partial charge is 0.263 e. The van der Waals surface area contributed by atoms with Gasteiger partial charge in [0, 0.05) is 25.1 Å². The van der Waals surface area contributed by atoms with Crippen LogP contribution in [-0.2, 0) is 14.8 Å². The monoisotopic (exact) mass is 456 g/mol. The summed E-state index contributed by atoms with van der Waals surface area (Å²) < 4.78 is 49.8. The minimum atomic E-state index is -4.10. The number of anilines is 2. The van der Waals surface area contributed by atoms with Gasteiger partial charge in [-0.2, -0.15) is 0 Å². The summed E-state index contributed by atoms with van der Waals surface area (Å²) in [5.74, 6) is 0.957. The van der Waals surface area contributed by atoms with Crippen molar-refractivity contribution in [2.45, 2.75) is 11.8 Å². The number of sulfonamides is 1. The Bertz CT molecular complexity index is 1060. The molecule has 0 radical (unpaired) electrons. The molecule has 0 fully saturated rings. The largest absolute Gasteiger partial charge is 0.493 e. The summed E-state index contributed by atoms with van der Waals surface area (Å²) in [7, 11) is 0.193. The molecule has 1 N–H and O–H groups in total. The van der Waals surface area contributed by atoms with Crippen molar-refractivity contribution in [1.29, 1.82) is 0 Å². The van der Waals surface area contributed by atoms with E-state index in [1.54, 1.807) is 0 Å². The van der Waals surface area contributed by atoms with E-state index < -0.39 is 10.0 Å². The zero-order chi connectivity index (χ0) is 22.1. The van der Waals surface area contributed by atoms with Crippen LogP contribution in [0.4, 0.5) is 11.4 Å². The van der Waals surface area contributed by atoms with Crippen molar-refractivity contribution in [1.82, 2.24) is 0 Å². The molecule has 162 valence electrons. The van der Waals surface area contributed by atoms with Crippen LogP contribution in [0.1, 0.15) is 6.92 Å². The van der Waals surface area contributed by atoms with Crippen LogP contribution in [0.25, 0.3) is 0 Å². The van der Waals surface area contributed by atoms with Crippen molar-refractivity contribution in [2.75, 3.05) is 44.1 Å². The molecule has 1 heterocycles. The van der Waals surface area contributed by atoms with Crippen molar-refractivity contribution in [3.05, 3.63) is 29.3 Å². The minimum Gasteiger partial charge on any atom is -0.493 e. The molecular weight excluding hydrogens is 436 g/mol.